The second-order valence-corrected chi connectivity index (χ2v) is 8.53. The van der Waals surface area contributed by atoms with Crippen LogP contribution >= 0.6 is 0 Å². The number of hydrogen-bond acceptors (Lipinski definition) is 5. The van der Waals surface area contributed by atoms with Crippen molar-refractivity contribution in [1.82, 2.24) is 10.3 Å². The van der Waals surface area contributed by atoms with E-state index in [1.165, 1.54) is 6.07 Å². The maximum Gasteiger partial charge on any atom is 0.416 e. The summed E-state index contributed by atoms with van der Waals surface area (Å²) in [6.07, 6.45) is -4.27. The Morgan fingerprint density at radius 1 is 1.11 bits per heavy atom. The third-order valence-corrected chi connectivity index (χ3v) is 5.43. The highest BCUT2D eigenvalue weighted by molar-refractivity contribution is 6.00. The van der Waals surface area contributed by atoms with Crippen LogP contribution in [0.2, 0.25) is 0 Å². The topological polar surface area (TPSA) is 117 Å². The first-order chi connectivity index (χ1) is 16.9. The van der Waals surface area contributed by atoms with Gasteiger partial charge in [0.15, 0.2) is 6.10 Å². The molecule has 0 fully saturated rings. The summed E-state index contributed by atoms with van der Waals surface area (Å²) in [4.78, 5) is 29.2. The summed E-state index contributed by atoms with van der Waals surface area (Å²) in [5.74, 6) is -1.12. The number of benzene rings is 2. The first-order valence-electron chi connectivity index (χ1n) is 11.3. The van der Waals surface area contributed by atoms with Crippen molar-refractivity contribution < 1.29 is 27.9 Å². The van der Waals surface area contributed by atoms with E-state index in [4.69, 9.17) is 5.73 Å². The number of aliphatic hydroxyl groups is 1. The van der Waals surface area contributed by atoms with Gasteiger partial charge in [0.2, 0.25) is 0 Å². The van der Waals surface area contributed by atoms with Crippen molar-refractivity contribution in [2.45, 2.75) is 45.5 Å². The molecule has 0 unspecified atom stereocenters. The highest BCUT2D eigenvalue weighted by Crippen LogP contribution is 2.32. The number of nitrogens with one attached hydrogen (secondary N) is 2. The van der Waals surface area contributed by atoms with Crippen LogP contribution in [0.1, 0.15) is 53.9 Å². The minimum Gasteiger partial charge on any atom is -0.383 e. The van der Waals surface area contributed by atoms with E-state index in [2.05, 4.69) is 15.6 Å². The predicted molar refractivity (Wildman–Crippen MR) is 131 cm³/mol. The highest BCUT2D eigenvalue weighted by atomic mass is 19.4. The van der Waals surface area contributed by atoms with Crippen LogP contribution in [0.3, 0.4) is 0 Å². The number of carbonyl (C=O) groups is 2. The average Bonchev–Trinajstić information content (AvgIpc) is 2.83. The van der Waals surface area contributed by atoms with Gasteiger partial charge in [-0.15, -0.1) is 0 Å². The monoisotopic (exact) mass is 500 g/mol. The molecule has 0 saturated heterocycles. The van der Waals surface area contributed by atoms with Crippen molar-refractivity contribution in [1.29, 1.82) is 0 Å². The van der Waals surface area contributed by atoms with Gasteiger partial charge < -0.3 is 21.5 Å². The Kier molecular flexibility index (Phi) is 7.99. The molecule has 7 nitrogen and oxygen atoms in total. The third-order valence-electron chi connectivity index (χ3n) is 5.43. The van der Waals surface area contributed by atoms with E-state index < -0.39 is 23.8 Å². The minimum atomic E-state index is -4.59. The number of halogens is 3. The maximum absolute atomic E-state index is 13.0. The summed E-state index contributed by atoms with van der Waals surface area (Å²) in [6.45, 7) is 5.56. The second-order valence-electron chi connectivity index (χ2n) is 8.53. The largest absolute Gasteiger partial charge is 0.416 e. The third kappa shape index (κ3) is 6.19. The highest BCUT2D eigenvalue weighted by Gasteiger charge is 2.31. The molecule has 36 heavy (non-hydrogen) atoms. The number of hydrogen-bond donors (Lipinski definition) is 4. The van der Waals surface area contributed by atoms with Gasteiger partial charge in [-0.2, -0.15) is 13.2 Å². The molecule has 0 aliphatic carbocycles. The Hall–Kier alpha value is -3.92. The van der Waals surface area contributed by atoms with E-state index in [0.717, 1.165) is 29.3 Å². The molecule has 10 heteroatoms. The summed E-state index contributed by atoms with van der Waals surface area (Å²) >= 11 is 0. The smallest absolute Gasteiger partial charge is 0.383 e. The number of aromatic nitrogens is 1. The lowest BCUT2D eigenvalue weighted by molar-refractivity contribution is -0.138. The predicted octanol–water partition coefficient (Wildman–Crippen LogP) is 4.72. The number of carbonyl (C=O) groups excluding carboxylic acids is 2. The van der Waals surface area contributed by atoms with Gasteiger partial charge in [-0.05, 0) is 67.3 Å². The number of nitrogen functional groups attached to an aromatic ring is 1. The van der Waals surface area contributed by atoms with Crippen LogP contribution in [0, 0.1) is 0 Å². The van der Waals surface area contributed by atoms with Gasteiger partial charge >= 0.3 is 6.18 Å². The summed E-state index contributed by atoms with van der Waals surface area (Å²) in [5, 5.41) is 15.7. The maximum atomic E-state index is 13.0. The molecule has 5 N–H and O–H groups in total. The molecule has 1 heterocycles. The molecule has 0 aliphatic rings. The lowest BCUT2D eigenvalue weighted by Crippen LogP contribution is -2.30. The van der Waals surface area contributed by atoms with Crippen molar-refractivity contribution in [3.8, 4) is 11.1 Å². The second kappa shape index (κ2) is 10.8. The van der Waals surface area contributed by atoms with E-state index in [1.54, 1.807) is 30.5 Å². The molecule has 1 atom stereocenters. The van der Waals surface area contributed by atoms with Gasteiger partial charge in [0.25, 0.3) is 11.8 Å². The zero-order valence-electron chi connectivity index (χ0n) is 20.0. The first-order valence-corrected chi connectivity index (χ1v) is 11.3. The minimum absolute atomic E-state index is 0.0825. The molecule has 3 aromatic rings. The Morgan fingerprint density at radius 2 is 1.83 bits per heavy atom. The zero-order chi connectivity index (χ0) is 26.6. The molecule has 0 saturated carbocycles. The van der Waals surface area contributed by atoms with Gasteiger partial charge in [-0.3, -0.25) is 9.59 Å². The molecule has 3 rings (SSSR count). The fraction of sp³-hybridized carbons (Fsp3) is 0.269. The van der Waals surface area contributed by atoms with Crippen molar-refractivity contribution in [2.24, 2.45) is 0 Å². The number of aliphatic hydroxyl groups excluding tert-OH is 1. The first kappa shape index (κ1) is 26.7. The van der Waals surface area contributed by atoms with Crippen LogP contribution in [0.4, 0.5) is 24.7 Å². The van der Waals surface area contributed by atoms with E-state index in [1.807, 2.05) is 20.8 Å². The number of rotatable bonds is 7. The molecular weight excluding hydrogens is 473 g/mol. The normalized spacial score (nSPS) is 12.3. The van der Waals surface area contributed by atoms with E-state index in [9.17, 15) is 27.9 Å². The molecule has 190 valence electrons. The zero-order valence-corrected chi connectivity index (χ0v) is 20.0. The summed E-state index contributed by atoms with van der Waals surface area (Å²) in [6, 6.07) is 10.6. The number of aryl methyl sites for hydroxylation is 1. The van der Waals surface area contributed by atoms with Crippen LogP contribution < -0.4 is 16.4 Å². The van der Waals surface area contributed by atoms with Gasteiger partial charge in [0, 0.05) is 23.5 Å². The fourth-order valence-corrected chi connectivity index (χ4v) is 3.64. The van der Waals surface area contributed by atoms with Crippen LogP contribution in [0.5, 0.6) is 0 Å². The van der Waals surface area contributed by atoms with Crippen LogP contribution in [0.25, 0.3) is 11.1 Å². The van der Waals surface area contributed by atoms with Crippen LogP contribution in [0.15, 0.2) is 54.7 Å². The number of alkyl halides is 3. The van der Waals surface area contributed by atoms with Crippen molar-refractivity contribution in [3.63, 3.8) is 0 Å². The quantitative estimate of drug-likeness (QED) is 0.374. The van der Waals surface area contributed by atoms with Crippen LogP contribution in [-0.4, -0.2) is 27.9 Å². The molecule has 1 aromatic heterocycles. The number of nitrogens with two attached hydrogens (primary N) is 1. The average molecular weight is 501 g/mol. The Morgan fingerprint density at radius 3 is 2.47 bits per heavy atom. The standard InChI is InChI=1S/C26H27F3N4O3/c1-4-15-11-19(33-25(36)22(34)16-6-5-7-18(10-16)26(27,28)29)8-9-20(15)17-12-21(23(30)31-13-17)24(35)32-14(2)3/h5-14,22,34H,4H2,1-3H3,(H2,30,31)(H,32,35)(H,33,36)/t22-/m1/s1. The molecule has 2 aromatic carbocycles. The van der Waals surface area contributed by atoms with E-state index in [0.29, 0.717) is 17.7 Å². The lowest BCUT2D eigenvalue weighted by Gasteiger charge is -2.16. The van der Waals surface area contributed by atoms with Crippen molar-refractivity contribution in [3.05, 3.63) is 77.0 Å². The van der Waals surface area contributed by atoms with Gasteiger partial charge in [-0.25, -0.2) is 4.98 Å². The Labute approximate surface area is 206 Å². The summed E-state index contributed by atoms with van der Waals surface area (Å²) in [7, 11) is 0. The van der Waals surface area contributed by atoms with Gasteiger partial charge in [-0.1, -0.05) is 25.1 Å². The lowest BCUT2D eigenvalue weighted by atomic mass is 9.97. The van der Waals surface area contributed by atoms with E-state index in [-0.39, 0.29) is 28.9 Å². The number of pyridine rings is 1. The number of amides is 2. The van der Waals surface area contributed by atoms with Crippen LogP contribution in [-0.2, 0) is 17.4 Å². The molecule has 0 bridgehead atoms. The van der Waals surface area contributed by atoms with Crippen molar-refractivity contribution >= 4 is 23.3 Å². The van der Waals surface area contributed by atoms with Gasteiger partial charge in [0.05, 0.1) is 11.1 Å². The van der Waals surface area contributed by atoms with Gasteiger partial charge in [0.1, 0.15) is 5.82 Å². The fourth-order valence-electron chi connectivity index (χ4n) is 3.64. The number of nitrogens with zero attached hydrogens (tertiary/aromatic N) is 1. The SMILES string of the molecule is CCc1cc(NC(=O)[C@H](O)c2cccc(C(F)(F)F)c2)ccc1-c1cnc(N)c(C(=O)NC(C)C)c1. The summed E-state index contributed by atoms with van der Waals surface area (Å²) < 4.78 is 38.9. The molecule has 0 aliphatic heterocycles. The van der Waals surface area contributed by atoms with Crippen molar-refractivity contribution in [2.75, 3.05) is 11.1 Å². The van der Waals surface area contributed by atoms with E-state index >= 15 is 0 Å². The molecule has 2 amide bonds. The molecule has 0 radical (unpaired) electrons. The molecular formula is C26H27F3N4O3. The number of anilines is 2. The Bertz CT molecular complexity index is 1280. The molecule has 0 spiro atoms. The Balaban J connectivity index is 1.85. The summed E-state index contributed by atoms with van der Waals surface area (Å²) in [5.41, 5.74) is 7.59.